The second-order valence-electron chi connectivity index (χ2n) is 6.55. The zero-order valence-corrected chi connectivity index (χ0v) is 15.8. The van der Waals surface area contributed by atoms with Crippen LogP contribution in [0.2, 0.25) is 0 Å². The minimum Gasteiger partial charge on any atom is -0.497 e. The smallest absolute Gasteiger partial charge is 0.280 e. The molecule has 0 unspecified atom stereocenters. The molecule has 0 spiro atoms. The highest BCUT2D eigenvalue weighted by atomic mass is 16.5. The number of nitrogens with one attached hydrogen (secondary N) is 1. The number of fused-ring (bicyclic) bond motifs is 1. The van der Waals surface area contributed by atoms with Crippen molar-refractivity contribution in [2.75, 3.05) is 7.11 Å². The van der Waals surface area contributed by atoms with Crippen LogP contribution in [0.3, 0.4) is 0 Å². The van der Waals surface area contributed by atoms with Gasteiger partial charge in [0.15, 0.2) is 11.4 Å². The van der Waals surface area contributed by atoms with Crippen molar-refractivity contribution in [3.8, 4) is 28.1 Å². The Morgan fingerprint density at radius 2 is 1.71 bits per heavy atom. The Morgan fingerprint density at radius 1 is 1.04 bits per heavy atom. The molecule has 1 N–H and O–H groups in total. The van der Waals surface area contributed by atoms with Crippen molar-refractivity contribution in [3.63, 3.8) is 0 Å². The Morgan fingerprint density at radius 3 is 2.32 bits per heavy atom. The molecule has 4 rings (SSSR count). The molecule has 0 saturated carbocycles. The van der Waals surface area contributed by atoms with Gasteiger partial charge in [-0.3, -0.25) is 14.7 Å². The summed E-state index contributed by atoms with van der Waals surface area (Å²) in [5, 5.41) is 3.09. The first kappa shape index (κ1) is 17.7. The first-order valence-corrected chi connectivity index (χ1v) is 8.87. The predicted octanol–water partition coefficient (Wildman–Crippen LogP) is 3.88. The minimum atomic E-state index is -0.252. The number of aromatic nitrogens is 3. The van der Waals surface area contributed by atoms with Gasteiger partial charge in [-0.25, -0.2) is 4.98 Å². The van der Waals surface area contributed by atoms with Crippen molar-refractivity contribution in [2.45, 2.75) is 13.8 Å². The number of benzene rings is 2. The average molecular weight is 373 g/mol. The third-order valence-corrected chi connectivity index (χ3v) is 4.75. The molecule has 0 atom stereocenters. The van der Waals surface area contributed by atoms with Crippen LogP contribution in [0.1, 0.15) is 23.0 Å². The predicted molar refractivity (Wildman–Crippen MR) is 108 cm³/mol. The van der Waals surface area contributed by atoms with Gasteiger partial charge in [-0.15, -0.1) is 0 Å². The van der Waals surface area contributed by atoms with Gasteiger partial charge >= 0.3 is 0 Å². The van der Waals surface area contributed by atoms with Gasteiger partial charge < -0.3 is 4.74 Å². The van der Waals surface area contributed by atoms with Crippen molar-refractivity contribution >= 4 is 11.4 Å². The second-order valence-corrected chi connectivity index (χ2v) is 6.55. The second kappa shape index (κ2) is 6.81. The minimum absolute atomic E-state index is 0.152. The number of nitrogens with zero attached hydrogens (tertiary/aromatic N) is 2. The van der Waals surface area contributed by atoms with Gasteiger partial charge in [0.05, 0.1) is 29.6 Å². The number of hydrogen-bond acceptors (Lipinski definition) is 4. The summed E-state index contributed by atoms with van der Waals surface area (Å²) in [6.07, 6.45) is 0. The number of ether oxygens (including phenoxy) is 1. The Kier molecular flexibility index (Phi) is 4.31. The van der Waals surface area contributed by atoms with Crippen LogP contribution in [0.5, 0.6) is 5.75 Å². The van der Waals surface area contributed by atoms with Gasteiger partial charge in [-0.05, 0) is 31.5 Å². The fourth-order valence-corrected chi connectivity index (χ4v) is 3.42. The molecule has 2 aromatic heterocycles. The summed E-state index contributed by atoms with van der Waals surface area (Å²) in [4.78, 5) is 30.2. The summed E-state index contributed by atoms with van der Waals surface area (Å²) >= 11 is 0. The molecule has 0 saturated heterocycles. The average Bonchev–Trinajstić information content (AvgIpc) is 3.09. The van der Waals surface area contributed by atoms with E-state index in [9.17, 15) is 9.59 Å². The van der Waals surface area contributed by atoms with E-state index in [0.717, 1.165) is 11.1 Å². The maximum Gasteiger partial charge on any atom is 0.280 e. The molecule has 28 heavy (non-hydrogen) atoms. The highest BCUT2D eigenvalue weighted by Gasteiger charge is 2.22. The van der Waals surface area contributed by atoms with E-state index in [4.69, 9.17) is 4.74 Å². The number of hydrogen-bond donors (Lipinski definition) is 1. The quantitative estimate of drug-likeness (QED) is 0.551. The highest BCUT2D eigenvalue weighted by molar-refractivity contribution is 6.05. The lowest BCUT2D eigenvalue weighted by molar-refractivity contribution is 0.101. The highest BCUT2D eigenvalue weighted by Crippen LogP contribution is 2.27. The molecule has 0 aliphatic heterocycles. The SMILES string of the molecule is COc1ccc(-c2c(C)nc3c(C(C)=O)c(-c4ccccc4)[nH]n3c2=O)cc1. The zero-order valence-electron chi connectivity index (χ0n) is 15.8. The van der Waals surface area contributed by atoms with Crippen LogP contribution in [-0.4, -0.2) is 27.5 Å². The number of carbonyl (C=O) groups is 1. The van der Waals surface area contributed by atoms with Crippen LogP contribution in [-0.2, 0) is 0 Å². The third-order valence-electron chi connectivity index (χ3n) is 4.75. The van der Waals surface area contributed by atoms with Crippen LogP contribution in [0.15, 0.2) is 59.4 Å². The molecular formula is C22H19N3O3. The Labute approximate surface area is 161 Å². The molecule has 0 aliphatic rings. The standard InChI is InChI=1S/C22H19N3O3/c1-13-18(15-9-11-17(28-3)12-10-15)22(27)25-21(23-13)19(14(2)26)20(24-25)16-7-5-4-6-8-16/h4-12,24H,1-3H3. The zero-order chi connectivity index (χ0) is 19.8. The molecule has 2 aromatic carbocycles. The van der Waals surface area contributed by atoms with Crippen molar-refractivity contribution in [2.24, 2.45) is 0 Å². The van der Waals surface area contributed by atoms with Crippen molar-refractivity contribution in [1.82, 2.24) is 14.6 Å². The molecule has 4 aromatic rings. The number of ketones is 1. The van der Waals surface area contributed by atoms with E-state index >= 15 is 0 Å². The van der Waals surface area contributed by atoms with Crippen LogP contribution in [0.25, 0.3) is 28.0 Å². The fourth-order valence-electron chi connectivity index (χ4n) is 3.42. The van der Waals surface area contributed by atoms with Crippen LogP contribution in [0.4, 0.5) is 0 Å². The summed E-state index contributed by atoms with van der Waals surface area (Å²) in [6.45, 7) is 3.26. The molecule has 0 fully saturated rings. The molecule has 6 heteroatoms. The summed E-state index contributed by atoms with van der Waals surface area (Å²) < 4.78 is 6.54. The normalized spacial score (nSPS) is 11.0. The van der Waals surface area contributed by atoms with Crippen molar-refractivity contribution < 1.29 is 9.53 Å². The first-order chi connectivity index (χ1) is 13.5. The molecule has 140 valence electrons. The Bertz CT molecular complexity index is 1240. The van der Waals surface area contributed by atoms with Crippen LogP contribution in [0, 0.1) is 6.92 Å². The van der Waals surface area contributed by atoms with E-state index in [2.05, 4.69) is 10.1 Å². The topological polar surface area (TPSA) is 76.5 Å². The number of aromatic amines is 1. The maximum absolute atomic E-state index is 13.3. The summed E-state index contributed by atoms with van der Waals surface area (Å²) in [5.74, 6) is 0.557. The largest absolute Gasteiger partial charge is 0.497 e. The van der Waals surface area contributed by atoms with Gasteiger partial charge in [0, 0.05) is 5.56 Å². The lowest BCUT2D eigenvalue weighted by atomic mass is 10.0. The van der Waals surface area contributed by atoms with E-state index in [1.54, 1.807) is 26.2 Å². The van der Waals surface area contributed by atoms with Crippen molar-refractivity contribution in [3.05, 3.63) is 76.2 Å². The summed E-state index contributed by atoms with van der Waals surface area (Å²) in [7, 11) is 1.59. The number of H-pyrrole nitrogens is 1. The number of carbonyl (C=O) groups excluding carboxylic acids is 1. The molecular weight excluding hydrogens is 354 g/mol. The maximum atomic E-state index is 13.3. The molecule has 2 heterocycles. The Hall–Kier alpha value is -3.67. The lowest BCUT2D eigenvalue weighted by Crippen LogP contribution is -2.19. The molecule has 0 bridgehead atoms. The van der Waals surface area contributed by atoms with E-state index in [0.29, 0.717) is 33.9 Å². The number of aryl methyl sites for hydroxylation is 1. The van der Waals surface area contributed by atoms with E-state index in [1.807, 2.05) is 42.5 Å². The van der Waals surface area contributed by atoms with Crippen LogP contribution < -0.4 is 10.3 Å². The number of Topliss-reactive ketones (excluding diaryl/α,β-unsaturated/α-hetero) is 1. The van der Waals surface area contributed by atoms with Gasteiger partial charge in [0.2, 0.25) is 0 Å². The first-order valence-electron chi connectivity index (χ1n) is 8.87. The van der Waals surface area contributed by atoms with E-state index in [-0.39, 0.29) is 11.3 Å². The van der Waals surface area contributed by atoms with Gasteiger partial charge in [-0.1, -0.05) is 42.5 Å². The van der Waals surface area contributed by atoms with Gasteiger partial charge in [0.1, 0.15) is 5.75 Å². The summed E-state index contributed by atoms with van der Waals surface area (Å²) in [6, 6.07) is 16.7. The lowest BCUT2D eigenvalue weighted by Gasteiger charge is -2.07. The third kappa shape index (κ3) is 2.79. The van der Waals surface area contributed by atoms with E-state index in [1.165, 1.54) is 11.4 Å². The summed E-state index contributed by atoms with van der Waals surface area (Å²) in [5.41, 5.74) is 3.69. The molecule has 0 amide bonds. The molecule has 6 nitrogen and oxygen atoms in total. The fraction of sp³-hybridized carbons (Fsp3) is 0.136. The molecule has 0 radical (unpaired) electrons. The number of rotatable bonds is 4. The van der Waals surface area contributed by atoms with E-state index < -0.39 is 0 Å². The number of methoxy groups -OCH3 is 1. The van der Waals surface area contributed by atoms with Crippen molar-refractivity contribution in [1.29, 1.82) is 0 Å². The molecule has 0 aliphatic carbocycles. The Balaban J connectivity index is 2.01. The van der Waals surface area contributed by atoms with Gasteiger partial charge in [0.25, 0.3) is 5.56 Å². The van der Waals surface area contributed by atoms with Gasteiger partial charge in [-0.2, -0.15) is 4.52 Å². The monoisotopic (exact) mass is 373 g/mol. The van der Waals surface area contributed by atoms with Crippen LogP contribution >= 0.6 is 0 Å².